The van der Waals surface area contributed by atoms with Crippen LogP contribution < -0.4 is 11.1 Å². The second-order valence-corrected chi connectivity index (χ2v) is 5.34. The molecule has 0 aliphatic carbocycles. The maximum atomic E-state index is 12.8. The lowest BCUT2D eigenvalue weighted by molar-refractivity contribution is 0.0910. The molecule has 5 nitrogen and oxygen atoms in total. The Morgan fingerprint density at radius 2 is 1.36 bits per heavy atom. The molecule has 4 rings (SSSR count). The van der Waals surface area contributed by atoms with Crippen molar-refractivity contribution in [3.63, 3.8) is 0 Å². The fourth-order valence-electron chi connectivity index (χ4n) is 3.07. The summed E-state index contributed by atoms with van der Waals surface area (Å²) in [5, 5.41) is 0.630. The summed E-state index contributed by atoms with van der Waals surface area (Å²) in [5.41, 5.74) is 0.104. The first kappa shape index (κ1) is 12.8. The normalized spacial score (nSPS) is 16.9. The van der Waals surface area contributed by atoms with Crippen LogP contribution in [-0.4, -0.2) is 15.3 Å². The lowest BCUT2D eigenvalue weighted by Gasteiger charge is -2.14. The molecule has 0 fully saturated rings. The van der Waals surface area contributed by atoms with E-state index < -0.39 is 11.6 Å². The van der Waals surface area contributed by atoms with E-state index in [1.165, 1.54) is 4.68 Å². The summed E-state index contributed by atoms with van der Waals surface area (Å²) in [5.74, 6) is -0.346. The van der Waals surface area contributed by atoms with Crippen molar-refractivity contribution in [3.05, 3.63) is 80.9 Å². The van der Waals surface area contributed by atoms with Gasteiger partial charge in [0.05, 0.1) is 23.2 Å². The molecular weight excluding hydrogens is 280 g/mol. The number of aromatic nitrogens is 2. The molecule has 5 heteroatoms. The molecule has 22 heavy (non-hydrogen) atoms. The van der Waals surface area contributed by atoms with Crippen LogP contribution in [-0.2, 0) is 0 Å². The second kappa shape index (κ2) is 4.53. The summed E-state index contributed by atoms with van der Waals surface area (Å²) in [6.45, 7) is 0. The molecule has 3 aromatic rings. The third kappa shape index (κ3) is 1.62. The molecule has 2 aromatic carbocycles. The molecule has 1 aliphatic heterocycles. The van der Waals surface area contributed by atoms with E-state index in [4.69, 9.17) is 0 Å². The van der Waals surface area contributed by atoms with Crippen LogP contribution in [0.3, 0.4) is 0 Å². The van der Waals surface area contributed by atoms with Gasteiger partial charge in [0.2, 0.25) is 0 Å². The molecule has 1 aromatic heterocycles. The number of carbonyl (C=O) groups is 1. The minimum Gasteiger partial charge on any atom is -0.272 e. The zero-order valence-electron chi connectivity index (χ0n) is 11.6. The first-order valence-corrected chi connectivity index (χ1v) is 7.03. The van der Waals surface area contributed by atoms with Crippen molar-refractivity contribution >= 4 is 16.7 Å². The van der Waals surface area contributed by atoms with Crippen LogP contribution in [0.15, 0.2) is 64.2 Å². The highest BCUT2D eigenvalue weighted by Gasteiger charge is 2.33. The summed E-state index contributed by atoms with van der Waals surface area (Å²) in [7, 11) is 0. The van der Waals surface area contributed by atoms with Gasteiger partial charge in [-0.25, -0.2) is 4.68 Å². The van der Waals surface area contributed by atoms with Crippen LogP contribution in [0.5, 0.6) is 0 Å². The van der Waals surface area contributed by atoms with E-state index in [1.54, 1.807) is 24.3 Å². The van der Waals surface area contributed by atoms with Gasteiger partial charge in [-0.05, 0) is 17.7 Å². The Kier molecular flexibility index (Phi) is 2.63. The topological polar surface area (TPSA) is 61.1 Å². The van der Waals surface area contributed by atoms with E-state index in [2.05, 4.69) is 0 Å². The van der Waals surface area contributed by atoms with Crippen molar-refractivity contribution in [2.75, 3.05) is 0 Å². The van der Waals surface area contributed by atoms with Gasteiger partial charge in [0.15, 0.2) is 0 Å². The van der Waals surface area contributed by atoms with Gasteiger partial charge in [0.25, 0.3) is 17.0 Å². The number of carbonyl (C=O) groups excluding carboxylic acids is 1. The van der Waals surface area contributed by atoms with Crippen molar-refractivity contribution in [1.82, 2.24) is 9.36 Å². The number of fused-ring (bicyclic) bond motifs is 2. The molecule has 1 atom stereocenters. The Balaban J connectivity index is 2.11. The number of benzene rings is 2. The number of rotatable bonds is 1. The monoisotopic (exact) mass is 292 g/mol. The molecule has 108 valence electrons. The molecule has 0 bridgehead atoms. The predicted molar refractivity (Wildman–Crippen MR) is 82.3 cm³/mol. The van der Waals surface area contributed by atoms with E-state index in [0.717, 1.165) is 10.2 Å². The lowest BCUT2D eigenvalue weighted by Crippen LogP contribution is -2.37. The average molecular weight is 292 g/mol. The molecule has 2 heterocycles. The summed E-state index contributed by atoms with van der Waals surface area (Å²) in [4.78, 5) is 37.6. The van der Waals surface area contributed by atoms with Gasteiger partial charge in [-0.15, -0.1) is 0 Å². The maximum Gasteiger partial charge on any atom is 0.280 e. The molecule has 0 saturated carbocycles. The molecular formula is C17H12N2O3. The third-order valence-corrected chi connectivity index (χ3v) is 4.09. The van der Waals surface area contributed by atoms with Crippen LogP contribution in [0.1, 0.15) is 22.8 Å². The van der Waals surface area contributed by atoms with Gasteiger partial charge in [0, 0.05) is 0 Å². The van der Waals surface area contributed by atoms with Gasteiger partial charge in [-0.2, -0.15) is 4.68 Å². The molecule has 0 N–H and O–H groups in total. The minimum absolute atomic E-state index is 0.121. The van der Waals surface area contributed by atoms with Gasteiger partial charge < -0.3 is 0 Å². The molecule has 0 radical (unpaired) electrons. The highest BCUT2D eigenvalue weighted by molar-refractivity contribution is 5.87. The van der Waals surface area contributed by atoms with Crippen LogP contribution in [0.4, 0.5) is 0 Å². The number of hydrogen-bond acceptors (Lipinski definition) is 3. The van der Waals surface area contributed by atoms with Gasteiger partial charge in [-0.3, -0.25) is 14.4 Å². The van der Waals surface area contributed by atoms with E-state index in [0.29, 0.717) is 5.39 Å². The van der Waals surface area contributed by atoms with Crippen LogP contribution >= 0.6 is 0 Å². The van der Waals surface area contributed by atoms with E-state index in [9.17, 15) is 14.4 Å². The van der Waals surface area contributed by atoms with Gasteiger partial charge >= 0.3 is 0 Å². The van der Waals surface area contributed by atoms with Crippen LogP contribution in [0.25, 0.3) is 10.8 Å². The average Bonchev–Trinajstić information content (AvgIpc) is 2.91. The van der Waals surface area contributed by atoms with E-state index in [1.807, 2.05) is 30.3 Å². The van der Waals surface area contributed by atoms with Crippen molar-refractivity contribution in [1.29, 1.82) is 0 Å². The quantitative estimate of drug-likeness (QED) is 0.687. The summed E-state index contributed by atoms with van der Waals surface area (Å²) >= 11 is 0. The summed E-state index contributed by atoms with van der Waals surface area (Å²) < 4.78 is 2.28. The Morgan fingerprint density at radius 3 is 2.05 bits per heavy atom. The third-order valence-electron chi connectivity index (χ3n) is 4.09. The highest BCUT2D eigenvalue weighted by Crippen LogP contribution is 2.25. The number of hydrogen-bond donors (Lipinski definition) is 0. The lowest BCUT2D eigenvalue weighted by atomic mass is 10.0. The number of nitrogens with zero attached hydrogens (tertiary/aromatic N) is 2. The molecule has 0 saturated heterocycles. The molecule has 1 aliphatic rings. The minimum atomic E-state index is -0.432. The van der Waals surface area contributed by atoms with E-state index >= 15 is 0 Å². The van der Waals surface area contributed by atoms with Crippen molar-refractivity contribution in [2.24, 2.45) is 0 Å². The zero-order valence-corrected chi connectivity index (χ0v) is 11.6. The summed E-state index contributed by atoms with van der Waals surface area (Å²) in [6.07, 6.45) is 0.121. The fourth-order valence-corrected chi connectivity index (χ4v) is 3.07. The Labute approximate surface area is 125 Å². The molecule has 1 unspecified atom stereocenters. The first-order valence-electron chi connectivity index (χ1n) is 7.03. The van der Waals surface area contributed by atoms with E-state index in [-0.39, 0.29) is 23.3 Å². The Bertz CT molecular complexity index is 1020. The smallest absolute Gasteiger partial charge is 0.272 e. The molecule has 0 spiro atoms. The Morgan fingerprint density at radius 1 is 0.773 bits per heavy atom. The highest BCUT2D eigenvalue weighted by atomic mass is 16.2. The first-order chi connectivity index (χ1) is 10.7. The van der Waals surface area contributed by atoms with Gasteiger partial charge in [-0.1, -0.05) is 42.5 Å². The predicted octanol–water partition coefficient (Wildman–Crippen LogP) is 1.80. The fraction of sp³-hybridized carbons (Fsp3) is 0.118. The second-order valence-electron chi connectivity index (χ2n) is 5.34. The van der Waals surface area contributed by atoms with Crippen molar-refractivity contribution < 1.29 is 4.79 Å². The van der Waals surface area contributed by atoms with Crippen molar-refractivity contribution in [2.45, 2.75) is 12.5 Å². The summed E-state index contributed by atoms with van der Waals surface area (Å²) in [6, 6.07) is 15.5. The Hall–Kier alpha value is -2.95. The zero-order chi connectivity index (χ0) is 15.3. The largest absolute Gasteiger partial charge is 0.280 e. The maximum absolute atomic E-state index is 12.8. The molecule has 0 amide bonds. The van der Waals surface area contributed by atoms with Crippen LogP contribution in [0.2, 0.25) is 0 Å². The standard InChI is InChI=1S/C17H12N2O3/c20-15-10-14(11-6-2-1-3-7-11)18-16(21)12-8-4-5-9-13(12)17(22)19(15)18/h1-9,14H,10H2. The van der Waals surface area contributed by atoms with Crippen molar-refractivity contribution in [3.8, 4) is 0 Å². The van der Waals surface area contributed by atoms with Crippen LogP contribution in [0, 0.1) is 0 Å². The SMILES string of the molecule is O=C1CC(c2ccccc2)n2c(=O)c3ccccc3c(=O)n21. The van der Waals surface area contributed by atoms with Gasteiger partial charge in [0.1, 0.15) is 0 Å².